The van der Waals surface area contributed by atoms with Crippen LogP contribution in [0.25, 0.3) is 0 Å². The van der Waals surface area contributed by atoms with Crippen LogP contribution < -0.4 is 24.3 Å². The van der Waals surface area contributed by atoms with E-state index < -0.39 is 48.0 Å². The zero-order chi connectivity index (χ0) is 33.3. The summed E-state index contributed by atoms with van der Waals surface area (Å²) in [5, 5.41) is 12.5. The van der Waals surface area contributed by atoms with Crippen LogP contribution >= 0.6 is 0 Å². The first-order valence-corrected chi connectivity index (χ1v) is 13.1. The highest BCUT2D eigenvalue weighted by Crippen LogP contribution is 2.30. The molecular weight excluding hydrogens is 594 g/mol. The van der Waals surface area contributed by atoms with Gasteiger partial charge in [-0.3, -0.25) is 14.4 Å². The summed E-state index contributed by atoms with van der Waals surface area (Å²) in [6.07, 6.45) is -4.55. The molecule has 0 saturated heterocycles. The van der Waals surface area contributed by atoms with E-state index in [0.29, 0.717) is 0 Å². The minimum Gasteiger partial charge on any atom is -0.493 e. The second-order valence-corrected chi connectivity index (χ2v) is 9.27. The van der Waals surface area contributed by atoms with Crippen molar-refractivity contribution in [3.8, 4) is 23.0 Å². The van der Waals surface area contributed by atoms with Gasteiger partial charge in [-0.25, -0.2) is 14.4 Å². The Kier molecular flexibility index (Phi) is 11.2. The fourth-order valence-electron chi connectivity index (χ4n) is 3.86. The second-order valence-electron chi connectivity index (χ2n) is 9.27. The van der Waals surface area contributed by atoms with Gasteiger partial charge in [0.25, 0.3) is 5.91 Å². The smallest absolute Gasteiger partial charge is 0.349 e. The summed E-state index contributed by atoms with van der Waals surface area (Å²) in [7, 11) is 2.50. The quantitative estimate of drug-likeness (QED) is 0.221. The van der Waals surface area contributed by atoms with E-state index in [0.717, 1.165) is 31.5 Å². The Bertz CT molecular complexity index is 1630. The normalized spacial score (nSPS) is 11.7. The van der Waals surface area contributed by atoms with Gasteiger partial charge in [0.2, 0.25) is 12.2 Å². The zero-order valence-electron chi connectivity index (χ0n) is 24.8. The molecule has 3 aromatic carbocycles. The van der Waals surface area contributed by atoms with Crippen molar-refractivity contribution in [3.63, 3.8) is 0 Å². The molecule has 0 fully saturated rings. The predicted molar refractivity (Wildman–Crippen MR) is 154 cm³/mol. The number of benzene rings is 3. The van der Waals surface area contributed by atoms with Gasteiger partial charge in [0.05, 0.1) is 25.3 Å². The maximum atomic E-state index is 13.4. The predicted octanol–water partition coefficient (Wildman–Crippen LogP) is 3.34. The molecule has 0 heterocycles. The molecule has 2 atom stereocenters. The molecule has 0 aliphatic rings. The van der Waals surface area contributed by atoms with Gasteiger partial charge in [-0.15, -0.1) is 0 Å². The fourth-order valence-corrected chi connectivity index (χ4v) is 3.86. The highest BCUT2D eigenvalue weighted by atomic mass is 16.6. The van der Waals surface area contributed by atoms with Crippen molar-refractivity contribution in [1.82, 2.24) is 0 Å². The first kappa shape index (κ1) is 33.6. The molecule has 14 nitrogen and oxygen atoms in total. The van der Waals surface area contributed by atoms with Crippen molar-refractivity contribution < 1.29 is 62.3 Å². The molecule has 0 bridgehead atoms. The minimum absolute atomic E-state index is 0.0113. The fraction of sp³-hybridized carbons (Fsp3) is 0.226. The van der Waals surface area contributed by atoms with Gasteiger partial charge < -0.3 is 38.8 Å². The molecule has 14 heteroatoms. The van der Waals surface area contributed by atoms with Gasteiger partial charge in [-0.05, 0) is 61.0 Å². The summed E-state index contributed by atoms with van der Waals surface area (Å²) in [5.74, 6) is -6.77. The summed E-state index contributed by atoms with van der Waals surface area (Å²) < 4.78 is 30.8. The summed E-state index contributed by atoms with van der Waals surface area (Å²) in [6.45, 7) is 4.08. The van der Waals surface area contributed by atoms with E-state index in [9.17, 15) is 33.9 Å². The van der Waals surface area contributed by atoms with Gasteiger partial charge in [0.15, 0.2) is 23.0 Å². The molecule has 0 aliphatic carbocycles. The number of hydrogen-bond acceptors (Lipinski definition) is 12. The number of rotatable bonds is 12. The van der Waals surface area contributed by atoms with E-state index >= 15 is 0 Å². The van der Waals surface area contributed by atoms with Crippen LogP contribution in [0.3, 0.4) is 0 Å². The standard InChI is InChI=1S/C31H29NO13/c1-16-7-6-8-21(13-16)32-28(35)26(44-30(38)19-9-11-22(42-17(2)33)24(14-19)40-4)27(29(36)37)45-31(39)20-10-12-23(43-18(3)34)25(15-20)41-5/h6-15,26-27H,1-5H3,(H,32,35)(H,36,37)/t26-,27-/m1/s1. The molecule has 0 saturated carbocycles. The highest BCUT2D eigenvalue weighted by Gasteiger charge is 2.41. The van der Waals surface area contributed by atoms with Crippen molar-refractivity contribution in [2.75, 3.05) is 19.5 Å². The summed E-state index contributed by atoms with van der Waals surface area (Å²) in [4.78, 5) is 74.8. The van der Waals surface area contributed by atoms with E-state index in [2.05, 4.69) is 5.32 Å². The number of ether oxygens (including phenoxy) is 6. The van der Waals surface area contributed by atoms with Gasteiger partial charge in [-0.2, -0.15) is 0 Å². The highest BCUT2D eigenvalue weighted by molar-refractivity contribution is 6.01. The molecule has 0 radical (unpaired) electrons. The third-order valence-corrected chi connectivity index (χ3v) is 5.84. The van der Waals surface area contributed by atoms with E-state index in [4.69, 9.17) is 28.4 Å². The van der Waals surface area contributed by atoms with Crippen molar-refractivity contribution in [3.05, 3.63) is 77.4 Å². The Labute approximate surface area is 256 Å². The average Bonchev–Trinajstić information content (AvgIpc) is 2.98. The van der Waals surface area contributed by atoms with Gasteiger partial charge in [0.1, 0.15) is 0 Å². The number of methoxy groups -OCH3 is 2. The minimum atomic E-state index is -2.34. The first-order chi connectivity index (χ1) is 21.3. The maximum Gasteiger partial charge on any atom is 0.349 e. The Morgan fingerprint density at radius 1 is 0.667 bits per heavy atom. The van der Waals surface area contributed by atoms with Crippen molar-refractivity contribution in [1.29, 1.82) is 0 Å². The van der Waals surface area contributed by atoms with Gasteiger partial charge in [0, 0.05) is 19.5 Å². The van der Waals surface area contributed by atoms with Crippen molar-refractivity contribution in [2.24, 2.45) is 0 Å². The monoisotopic (exact) mass is 623 g/mol. The van der Waals surface area contributed by atoms with Crippen LogP contribution in [0.1, 0.15) is 40.1 Å². The van der Waals surface area contributed by atoms with Crippen molar-refractivity contribution in [2.45, 2.75) is 33.0 Å². The number of nitrogens with one attached hydrogen (secondary N) is 1. The topological polar surface area (TPSA) is 190 Å². The molecule has 3 aromatic rings. The summed E-state index contributed by atoms with van der Waals surface area (Å²) in [6, 6.07) is 13.6. The number of hydrogen-bond donors (Lipinski definition) is 2. The van der Waals surface area contributed by atoms with Crippen LogP contribution in [0.15, 0.2) is 60.7 Å². The zero-order valence-corrected chi connectivity index (χ0v) is 24.8. The molecule has 2 N–H and O–H groups in total. The third-order valence-electron chi connectivity index (χ3n) is 5.84. The number of aryl methyl sites for hydroxylation is 1. The lowest BCUT2D eigenvalue weighted by Crippen LogP contribution is -2.48. The summed E-state index contributed by atoms with van der Waals surface area (Å²) >= 11 is 0. The number of anilines is 1. The number of amides is 1. The molecule has 3 rings (SSSR count). The van der Waals surface area contributed by atoms with Crippen LogP contribution in [0.5, 0.6) is 23.0 Å². The second kappa shape index (κ2) is 15.0. The Morgan fingerprint density at radius 3 is 1.58 bits per heavy atom. The Hall–Kier alpha value is -5.92. The van der Waals surface area contributed by atoms with Crippen molar-refractivity contribution >= 4 is 41.4 Å². The maximum absolute atomic E-state index is 13.4. The summed E-state index contributed by atoms with van der Waals surface area (Å²) in [5.41, 5.74) is 0.560. The molecule has 0 aromatic heterocycles. The van der Waals surface area contributed by atoms with Crippen LogP contribution in [0.2, 0.25) is 0 Å². The lowest BCUT2D eigenvalue weighted by atomic mass is 10.1. The van der Waals surface area contributed by atoms with Gasteiger partial charge >= 0.3 is 29.8 Å². The largest absolute Gasteiger partial charge is 0.493 e. The Morgan fingerprint density at radius 2 is 1.16 bits per heavy atom. The molecular formula is C31H29NO13. The number of carbonyl (C=O) groups is 6. The molecule has 236 valence electrons. The number of carbonyl (C=O) groups excluding carboxylic acids is 5. The van der Waals surface area contributed by atoms with Crippen LogP contribution in [-0.4, -0.2) is 67.3 Å². The van der Waals surface area contributed by atoms with E-state index in [1.54, 1.807) is 25.1 Å². The number of aliphatic carboxylic acids is 1. The van der Waals surface area contributed by atoms with Crippen LogP contribution in [-0.2, 0) is 28.7 Å². The molecule has 0 spiro atoms. The van der Waals surface area contributed by atoms with Crippen LogP contribution in [0, 0.1) is 6.92 Å². The Balaban J connectivity index is 1.97. The molecule has 1 amide bonds. The average molecular weight is 624 g/mol. The molecule has 0 unspecified atom stereocenters. The molecule has 45 heavy (non-hydrogen) atoms. The van der Waals surface area contributed by atoms with Crippen LogP contribution in [0.4, 0.5) is 5.69 Å². The molecule has 0 aliphatic heterocycles. The number of carboxylic acid groups (broad SMARTS) is 1. The van der Waals surface area contributed by atoms with E-state index in [-0.39, 0.29) is 39.8 Å². The lowest BCUT2D eigenvalue weighted by Gasteiger charge is -2.24. The number of esters is 4. The van der Waals surface area contributed by atoms with E-state index in [1.807, 2.05) is 0 Å². The first-order valence-electron chi connectivity index (χ1n) is 13.1. The lowest BCUT2D eigenvalue weighted by molar-refractivity contribution is -0.157. The SMILES string of the molecule is COc1cc(C(=O)O[C@@H](C(=O)O)[C@@H](OC(=O)c2ccc(OC(C)=O)c(OC)c2)C(=O)Nc2cccc(C)c2)ccc1OC(C)=O. The van der Waals surface area contributed by atoms with E-state index in [1.165, 1.54) is 44.6 Å². The third kappa shape index (κ3) is 9.03. The van der Waals surface area contributed by atoms with Gasteiger partial charge in [-0.1, -0.05) is 12.1 Å². The number of carboxylic acids is 1.